The van der Waals surface area contributed by atoms with Gasteiger partial charge in [-0.2, -0.15) is 12.6 Å². The molecule has 1 unspecified atom stereocenters. The van der Waals surface area contributed by atoms with Crippen LogP contribution in [-0.4, -0.2) is 39.6 Å². The molecule has 29 heavy (non-hydrogen) atoms. The summed E-state index contributed by atoms with van der Waals surface area (Å²) in [6, 6.07) is 17.8. The zero-order chi connectivity index (χ0) is 20.9. The number of carboxylic acid groups (broad SMARTS) is 1. The standard InChI is InChI=1S/C23H26BrNO3S/c24-20-8-6-17(7-9-20)14-19(22(27)28)15-21(26)23(29)10-12-25(13-11-23)16-18-4-2-1-3-5-18/h1-9,19,29H,10-16H2,(H,27,28). The minimum Gasteiger partial charge on any atom is -0.481 e. The van der Waals surface area contributed by atoms with Crippen LogP contribution in [0.3, 0.4) is 0 Å². The first kappa shape index (κ1) is 22.1. The van der Waals surface area contributed by atoms with Gasteiger partial charge in [0.2, 0.25) is 0 Å². The topological polar surface area (TPSA) is 57.6 Å². The van der Waals surface area contributed by atoms with Crippen molar-refractivity contribution in [3.05, 3.63) is 70.2 Å². The van der Waals surface area contributed by atoms with E-state index in [4.69, 9.17) is 12.6 Å². The summed E-state index contributed by atoms with van der Waals surface area (Å²) >= 11 is 8.10. The molecule has 0 amide bonds. The van der Waals surface area contributed by atoms with Gasteiger partial charge in [-0.05, 0) is 42.5 Å². The zero-order valence-corrected chi connectivity index (χ0v) is 18.7. The van der Waals surface area contributed by atoms with E-state index in [1.807, 2.05) is 42.5 Å². The molecule has 0 saturated carbocycles. The Kier molecular flexibility index (Phi) is 7.55. The van der Waals surface area contributed by atoms with Crippen molar-refractivity contribution in [2.45, 2.75) is 37.0 Å². The van der Waals surface area contributed by atoms with Gasteiger partial charge in [0.1, 0.15) is 5.78 Å². The first-order valence-electron chi connectivity index (χ1n) is 9.85. The molecule has 1 fully saturated rings. The second-order valence-corrected chi connectivity index (χ2v) is 9.56. The second kappa shape index (κ2) is 9.92. The number of carbonyl (C=O) groups is 2. The molecular weight excluding hydrogens is 450 g/mol. The molecule has 1 atom stereocenters. The monoisotopic (exact) mass is 475 g/mol. The number of rotatable bonds is 8. The van der Waals surface area contributed by atoms with E-state index in [1.54, 1.807) is 0 Å². The van der Waals surface area contributed by atoms with E-state index < -0.39 is 16.6 Å². The number of thiol groups is 1. The van der Waals surface area contributed by atoms with Gasteiger partial charge in [-0.3, -0.25) is 14.5 Å². The molecule has 1 aliphatic heterocycles. The van der Waals surface area contributed by atoms with Gasteiger partial charge >= 0.3 is 5.97 Å². The predicted molar refractivity (Wildman–Crippen MR) is 121 cm³/mol. The van der Waals surface area contributed by atoms with Crippen LogP contribution >= 0.6 is 28.6 Å². The van der Waals surface area contributed by atoms with Gasteiger partial charge in [-0.25, -0.2) is 0 Å². The SMILES string of the molecule is O=C(O)C(CC(=O)C1(S)CCN(Cc2ccccc2)CC1)Cc1ccc(Br)cc1. The maximum atomic E-state index is 13.0. The van der Waals surface area contributed by atoms with Crippen molar-refractivity contribution in [2.75, 3.05) is 13.1 Å². The van der Waals surface area contributed by atoms with Gasteiger partial charge in [-0.1, -0.05) is 58.4 Å². The van der Waals surface area contributed by atoms with Crippen molar-refractivity contribution in [3.63, 3.8) is 0 Å². The number of halogens is 1. The first-order chi connectivity index (χ1) is 13.9. The Hall–Kier alpha value is -1.63. The fourth-order valence-corrected chi connectivity index (χ4v) is 4.32. The third-order valence-corrected chi connectivity index (χ3v) is 6.85. The van der Waals surface area contributed by atoms with Crippen LogP contribution in [0.1, 0.15) is 30.4 Å². The summed E-state index contributed by atoms with van der Waals surface area (Å²) in [6.45, 7) is 2.43. The van der Waals surface area contributed by atoms with Crippen LogP contribution in [0.2, 0.25) is 0 Å². The van der Waals surface area contributed by atoms with Crippen LogP contribution in [0.25, 0.3) is 0 Å². The number of hydrogen-bond donors (Lipinski definition) is 2. The van der Waals surface area contributed by atoms with Gasteiger partial charge < -0.3 is 5.11 Å². The number of benzene rings is 2. The molecule has 3 rings (SSSR count). The van der Waals surface area contributed by atoms with Crippen molar-refractivity contribution >= 4 is 40.3 Å². The van der Waals surface area contributed by atoms with Crippen molar-refractivity contribution in [2.24, 2.45) is 5.92 Å². The highest BCUT2D eigenvalue weighted by atomic mass is 79.9. The van der Waals surface area contributed by atoms with E-state index in [1.165, 1.54) is 5.56 Å². The summed E-state index contributed by atoms with van der Waals surface area (Å²) in [5.74, 6) is -1.71. The number of nitrogens with zero attached hydrogens (tertiary/aromatic N) is 1. The average Bonchev–Trinajstić information content (AvgIpc) is 2.71. The Bertz CT molecular complexity index is 833. The highest BCUT2D eigenvalue weighted by Gasteiger charge is 2.39. The first-order valence-corrected chi connectivity index (χ1v) is 11.1. The van der Waals surface area contributed by atoms with Gasteiger partial charge in [-0.15, -0.1) is 0 Å². The summed E-state index contributed by atoms with van der Waals surface area (Å²) in [5, 5.41) is 9.63. The third kappa shape index (κ3) is 6.17. The lowest BCUT2D eigenvalue weighted by Crippen LogP contribution is -2.46. The quantitative estimate of drug-likeness (QED) is 0.547. The summed E-state index contributed by atoms with van der Waals surface area (Å²) in [4.78, 5) is 27.1. The predicted octanol–water partition coefficient (Wildman–Crippen LogP) is 4.62. The fourth-order valence-electron chi connectivity index (χ4n) is 3.77. The molecule has 1 heterocycles. The zero-order valence-electron chi connectivity index (χ0n) is 16.3. The molecule has 0 spiro atoms. The molecule has 0 aromatic heterocycles. The Morgan fingerprint density at radius 3 is 2.24 bits per heavy atom. The number of likely N-dealkylation sites (tertiary alicyclic amines) is 1. The second-order valence-electron chi connectivity index (χ2n) is 7.79. The molecule has 1 saturated heterocycles. The highest BCUT2D eigenvalue weighted by molar-refractivity contribution is 9.10. The van der Waals surface area contributed by atoms with Gasteiger partial charge in [0, 0.05) is 30.5 Å². The largest absolute Gasteiger partial charge is 0.481 e. The minimum absolute atomic E-state index is 0.0214. The van der Waals surface area contributed by atoms with Gasteiger partial charge in [0.25, 0.3) is 0 Å². The molecule has 0 aliphatic carbocycles. The van der Waals surface area contributed by atoms with Crippen LogP contribution < -0.4 is 0 Å². The maximum Gasteiger partial charge on any atom is 0.307 e. The van der Waals surface area contributed by atoms with E-state index in [2.05, 4.69) is 33.0 Å². The molecule has 1 aliphatic rings. The smallest absolute Gasteiger partial charge is 0.307 e. The van der Waals surface area contributed by atoms with Crippen LogP contribution in [0, 0.1) is 5.92 Å². The minimum atomic E-state index is -0.931. The Morgan fingerprint density at radius 2 is 1.66 bits per heavy atom. The number of Topliss-reactive ketones (excluding diaryl/α,β-unsaturated/α-hetero) is 1. The number of ketones is 1. The van der Waals surface area contributed by atoms with E-state index in [9.17, 15) is 14.7 Å². The van der Waals surface area contributed by atoms with Crippen LogP contribution in [-0.2, 0) is 22.6 Å². The lowest BCUT2D eigenvalue weighted by molar-refractivity contribution is -0.144. The van der Waals surface area contributed by atoms with E-state index in [-0.39, 0.29) is 12.2 Å². The summed E-state index contributed by atoms with van der Waals surface area (Å²) < 4.78 is 0.210. The van der Waals surface area contributed by atoms with Gasteiger partial charge in [0.05, 0.1) is 10.7 Å². The Labute approximate surface area is 185 Å². The number of carboxylic acids is 1. The van der Waals surface area contributed by atoms with E-state index in [0.29, 0.717) is 19.3 Å². The molecule has 2 aromatic carbocycles. The average molecular weight is 476 g/mol. The van der Waals surface area contributed by atoms with Crippen LogP contribution in [0.4, 0.5) is 0 Å². The molecule has 0 radical (unpaired) electrons. The van der Waals surface area contributed by atoms with Crippen molar-refractivity contribution in [3.8, 4) is 0 Å². The van der Waals surface area contributed by atoms with Gasteiger partial charge in [0.15, 0.2) is 0 Å². The van der Waals surface area contributed by atoms with Crippen molar-refractivity contribution in [1.29, 1.82) is 0 Å². The lowest BCUT2D eigenvalue weighted by atomic mass is 9.84. The van der Waals surface area contributed by atoms with Crippen LogP contribution in [0.15, 0.2) is 59.1 Å². The third-order valence-electron chi connectivity index (χ3n) is 5.63. The summed E-state index contributed by atoms with van der Waals surface area (Å²) in [5.41, 5.74) is 2.17. The van der Waals surface area contributed by atoms with E-state index >= 15 is 0 Å². The Morgan fingerprint density at radius 1 is 1.03 bits per heavy atom. The number of hydrogen-bond acceptors (Lipinski definition) is 4. The molecular formula is C23H26BrNO3S. The molecule has 0 bridgehead atoms. The van der Waals surface area contributed by atoms with Crippen molar-refractivity contribution in [1.82, 2.24) is 4.90 Å². The molecule has 154 valence electrons. The number of carbonyl (C=O) groups excluding carboxylic acids is 1. The molecule has 6 heteroatoms. The van der Waals surface area contributed by atoms with E-state index in [0.717, 1.165) is 29.7 Å². The molecule has 4 nitrogen and oxygen atoms in total. The lowest BCUT2D eigenvalue weighted by Gasteiger charge is -2.38. The summed E-state index contributed by atoms with van der Waals surface area (Å²) in [7, 11) is 0. The fraction of sp³-hybridized carbons (Fsp3) is 0.391. The highest BCUT2D eigenvalue weighted by Crippen LogP contribution is 2.33. The molecule has 2 aromatic rings. The number of piperidine rings is 1. The Balaban J connectivity index is 1.56. The summed E-state index contributed by atoms with van der Waals surface area (Å²) in [6.07, 6.45) is 1.66. The normalized spacial score (nSPS) is 17.6. The maximum absolute atomic E-state index is 13.0. The van der Waals surface area contributed by atoms with Crippen molar-refractivity contribution < 1.29 is 14.7 Å². The number of aliphatic carboxylic acids is 1. The molecule has 1 N–H and O–H groups in total. The van der Waals surface area contributed by atoms with Crippen LogP contribution in [0.5, 0.6) is 0 Å².